The standard InChI is InChI=1S/C34H47Cl2FN4O4S/c1-21(2)29(38-46(44)34(6,7)8)24-10-9-11-28(37)30(24)39-14-16-40(17-15-39)31(42)26-20-41(32(43)45-33(3,4)5)19-25(26)23-13-12-22(35)18-27(23)36/h9-13,18,21,25-26,29,38H,14-17,19-20H2,1-8H3/t25?,26?,29-,46-/m0/s1. The van der Waals surface area contributed by atoms with Gasteiger partial charge in [-0.2, -0.15) is 0 Å². The molecule has 2 aromatic rings. The van der Waals surface area contributed by atoms with E-state index in [-0.39, 0.29) is 42.7 Å². The second-order valence-corrected chi connectivity index (χ2v) is 17.3. The van der Waals surface area contributed by atoms with Crippen LogP contribution in [-0.4, -0.2) is 75.6 Å². The molecule has 2 fully saturated rings. The summed E-state index contributed by atoms with van der Waals surface area (Å²) in [6.45, 7) is 17.2. The Morgan fingerprint density at radius 2 is 1.63 bits per heavy atom. The van der Waals surface area contributed by atoms with Crippen molar-refractivity contribution in [3.8, 4) is 0 Å². The zero-order chi connectivity index (χ0) is 34.1. The van der Waals surface area contributed by atoms with Crippen molar-refractivity contribution in [2.75, 3.05) is 44.2 Å². The van der Waals surface area contributed by atoms with E-state index in [9.17, 15) is 13.8 Å². The summed E-state index contributed by atoms with van der Waals surface area (Å²) in [7, 11) is -1.35. The van der Waals surface area contributed by atoms with Crippen molar-refractivity contribution in [3.05, 3.63) is 63.4 Å². The molecule has 12 heteroatoms. The van der Waals surface area contributed by atoms with Gasteiger partial charge in [0.25, 0.3) is 0 Å². The van der Waals surface area contributed by atoms with Gasteiger partial charge in [0.2, 0.25) is 5.91 Å². The number of rotatable bonds is 7. The number of amides is 2. The molecule has 2 heterocycles. The number of carbonyl (C=O) groups is 2. The van der Waals surface area contributed by atoms with Crippen molar-refractivity contribution >= 4 is 51.9 Å². The molecule has 254 valence electrons. The van der Waals surface area contributed by atoms with Crippen molar-refractivity contribution in [3.63, 3.8) is 0 Å². The van der Waals surface area contributed by atoms with Gasteiger partial charge in [-0.3, -0.25) is 4.79 Å². The Hall–Kier alpha value is -2.40. The number of likely N-dealkylation sites (tertiary alicyclic amines) is 1. The van der Waals surface area contributed by atoms with E-state index in [0.29, 0.717) is 41.9 Å². The first-order valence-electron chi connectivity index (χ1n) is 15.8. The van der Waals surface area contributed by atoms with Crippen molar-refractivity contribution in [1.82, 2.24) is 14.5 Å². The quantitative estimate of drug-likeness (QED) is 0.332. The highest BCUT2D eigenvalue weighted by molar-refractivity contribution is 7.84. The number of nitrogens with zero attached hydrogens (tertiary/aromatic N) is 3. The highest BCUT2D eigenvalue weighted by Gasteiger charge is 2.44. The van der Waals surface area contributed by atoms with Crippen LogP contribution >= 0.6 is 23.2 Å². The Bertz CT molecular complexity index is 1450. The van der Waals surface area contributed by atoms with Gasteiger partial charge in [0, 0.05) is 61.3 Å². The maximum atomic E-state index is 15.6. The summed E-state index contributed by atoms with van der Waals surface area (Å²) < 4.78 is 37.0. The summed E-state index contributed by atoms with van der Waals surface area (Å²) in [5.41, 5.74) is 1.29. The minimum atomic E-state index is -1.35. The molecule has 0 aliphatic carbocycles. The lowest BCUT2D eigenvalue weighted by molar-refractivity contribution is -0.135. The fourth-order valence-electron chi connectivity index (χ4n) is 6.00. The lowest BCUT2D eigenvalue weighted by atomic mass is 9.87. The van der Waals surface area contributed by atoms with Crippen molar-refractivity contribution in [1.29, 1.82) is 0 Å². The molecule has 2 aromatic carbocycles. The van der Waals surface area contributed by atoms with Gasteiger partial charge in [0.05, 0.1) is 27.3 Å². The number of carbonyl (C=O) groups excluding carboxylic acids is 2. The molecule has 2 unspecified atom stereocenters. The maximum absolute atomic E-state index is 15.6. The van der Waals surface area contributed by atoms with Crippen molar-refractivity contribution in [2.24, 2.45) is 11.8 Å². The van der Waals surface area contributed by atoms with E-state index < -0.39 is 33.3 Å². The van der Waals surface area contributed by atoms with Crippen LogP contribution in [0.5, 0.6) is 0 Å². The third kappa shape index (κ3) is 8.54. The number of piperazine rings is 1. The summed E-state index contributed by atoms with van der Waals surface area (Å²) in [6, 6.07) is 9.88. The number of halogens is 3. The van der Waals surface area contributed by atoms with Gasteiger partial charge >= 0.3 is 6.09 Å². The normalized spacial score (nSPS) is 20.7. The molecule has 0 radical (unpaired) electrons. The smallest absolute Gasteiger partial charge is 0.410 e. The van der Waals surface area contributed by atoms with Gasteiger partial charge in [-0.1, -0.05) is 55.2 Å². The van der Waals surface area contributed by atoms with Gasteiger partial charge in [-0.05, 0) is 76.8 Å². The van der Waals surface area contributed by atoms with Crippen LogP contribution < -0.4 is 9.62 Å². The van der Waals surface area contributed by atoms with E-state index in [1.54, 1.807) is 48.8 Å². The molecular formula is C34H47Cl2FN4O4S. The zero-order valence-corrected chi connectivity index (χ0v) is 30.4. The van der Waals surface area contributed by atoms with Crippen LogP contribution in [0.1, 0.15) is 78.5 Å². The Balaban J connectivity index is 1.55. The average molecular weight is 698 g/mol. The lowest BCUT2D eigenvalue weighted by Gasteiger charge is -2.39. The summed E-state index contributed by atoms with van der Waals surface area (Å²) in [6.07, 6.45) is -0.476. The summed E-state index contributed by atoms with van der Waals surface area (Å²) in [4.78, 5) is 32.6. The first kappa shape index (κ1) is 36.4. The minimum Gasteiger partial charge on any atom is -0.444 e. The third-order valence-electron chi connectivity index (χ3n) is 8.37. The molecule has 4 atom stereocenters. The highest BCUT2D eigenvalue weighted by atomic mass is 35.5. The molecule has 0 aromatic heterocycles. The monoisotopic (exact) mass is 696 g/mol. The number of benzene rings is 2. The Kier molecular flexibility index (Phi) is 11.4. The van der Waals surface area contributed by atoms with E-state index in [1.807, 2.05) is 51.7 Å². The molecule has 0 saturated carbocycles. The number of hydrogen-bond acceptors (Lipinski definition) is 5. The molecule has 2 aliphatic rings. The number of ether oxygens (including phenoxy) is 1. The SMILES string of the molecule is CC(C)[C@H](N[S@@](=O)C(C)(C)C)c1cccc(F)c1N1CCN(C(=O)C2CN(C(=O)OC(C)(C)C)CC2c2ccc(Cl)cc2Cl)CC1. The molecule has 2 aliphatic heterocycles. The molecule has 4 rings (SSSR count). The summed E-state index contributed by atoms with van der Waals surface area (Å²) in [5.74, 6) is -1.28. The van der Waals surface area contributed by atoms with Crippen molar-refractivity contribution in [2.45, 2.75) is 77.7 Å². The minimum absolute atomic E-state index is 0.0432. The van der Waals surface area contributed by atoms with E-state index >= 15 is 4.39 Å². The maximum Gasteiger partial charge on any atom is 0.410 e. The predicted molar refractivity (Wildman–Crippen MR) is 184 cm³/mol. The van der Waals surface area contributed by atoms with Crippen LogP contribution in [-0.2, 0) is 20.5 Å². The van der Waals surface area contributed by atoms with Crippen LogP contribution in [0, 0.1) is 17.7 Å². The van der Waals surface area contributed by atoms with Gasteiger partial charge < -0.3 is 19.4 Å². The average Bonchev–Trinajstić information content (AvgIpc) is 3.39. The van der Waals surface area contributed by atoms with Gasteiger partial charge in [0.1, 0.15) is 11.4 Å². The molecule has 2 saturated heterocycles. The first-order valence-corrected chi connectivity index (χ1v) is 17.7. The van der Waals surface area contributed by atoms with Crippen LogP contribution in [0.15, 0.2) is 36.4 Å². The van der Waals surface area contributed by atoms with Crippen molar-refractivity contribution < 1.29 is 22.9 Å². The van der Waals surface area contributed by atoms with Crippen LogP contribution in [0.25, 0.3) is 0 Å². The highest BCUT2D eigenvalue weighted by Crippen LogP contribution is 2.40. The molecule has 0 bridgehead atoms. The summed E-state index contributed by atoms with van der Waals surface area (Å²) >= 11 is 12.8. The fourth-order valence-corrected chi connectivity index (χ4v) is 7.53. The molecule has 0 spiro atoms. The van der Waals surface area contributed by atoms with E-state index in [1.165, 1.54) is 6.07 Å². The second-order valence-electron chi connectivity index (χ2n) is 14.5. The Morgan fingerprint density at radius 3 is 2.20 bits per heavy atom. The number of hydrogen-bond donors (Lipinski definition) is 1. The Labute approximate surface area is 285 Å². The van der Waals surface area contributed by atoms with Crippen LogP contribution in [0.3, 0.4) is 0 Å². The topological polar surface area (TPSA) is 82.2 Å². The molecular weight excluding hydrogens is 650 g/mol. The number of para-hydroxylation sites is 1. The van der Waals surface area contributed by atoms with Gasteiger partial charge in [0.15, 0.2) is 0 Å². The largest absolute Gasteiger partial charge is 0.444 e. The molecule has 8 nitrogen and oxygen atoms in total. The predicted octanol–water partition coefficient (Wildman–Crippen LogP) is 7.18. The van der Waals surface area contributed by atoms with Crippen LogP contribution in [0.2, 0.25) is 10.0 Å². The van der Waals surface area contributed by atoms with Gasteiger partial charge in [-0.15, -0.1) is 0 Å². The molecule has 46 heavy (non-hydrogen) atoms. The zero-order valence-electron chi connectivity index (χ0n) is 28.0. The third-order valence-corrected chi connectivity index (χ3v) is 10.5. The first-order chi connectivity index (χ1) is 21.4. The van der Waals surface area contributed by atoms with E-state index in [2.05, 4.69) is 4.72 Å². The lowest BCUT2D eigenvalue weighted by Crippen LogP contribution is -2.52. The number of nitrogens with one attached hydrogen (secondary N) is 1. The van der Waals surface area contributed by atoms with E-state index in [0.717, 1.165) is 11.1 Å². The second kappa shape index (κ2) is 14.4. The number of anilines is 1. The van der Waals surface area contributed by atoms with Crippen LogP contribution in [0.4, 0.5) is 14.9 Å². The Morgan fingerprint density at radius 1 is 0.978 bits per heavy atom. The van der Waals surface area contributed by atoms with E-state index in [4.69, 9.17) is 27.9 Å². The molecule has 2 amide bonds. The summed E-state index contributed by atoms with van der Waals surface area (Å²) in [5, 5.41) is 0.931. The fraction of sp³-hybridized carbons (Fsp3) is 0.588. The molecule has 1 N–H and O–H groups in total. The van der Waals surface area contributed by atoms with Gasteiger partial charge in [-0.25, -0.2) is 18.1 Å².